The molecule has 0 aliphatic heterocycles. The molecule has 0 unspecified atom stereocenters. The first kappa shape index (κ1) is 28.0. The molecule has 0 amide bonds. The molecule has 4 nitrogen and oxygen atoms in total. The number of rotatable bonds is 13. The van der Waals surface area contributed by atoms with Gasteiger partial charge in [-0.2, -0.15) is 0 Å². The number of hydrogen-bond acceptors (Lipinski definition) is 4. The first-order valence-corrected chi connectivity index (χ1v) is 13.9. The van der Waals surface area contributed by atoms with Gasteiger partial charge in [0.05, 0.1) is 0 Å². The summed E-state index contributed by atoms with van der Waals surface area (Å²) in [5.74, 6) is 0.877. The largest absolute Gasteiger partial charge is 0.427 e. The van der Waals surface area contributed by atoms with Crippen molar-refractivity contribution >= 4 is 11.9 Å². The summed E-state index contributed by atoms with van der Waals surface area (Å²) in [6, 6.07) is 14.0. The standard InChI is InChI=1S/C32H44O4/c1-6-8-10-12-14-29(33)35-25-18-16-24(17-19-25)32(5)23-31(3,4)27-21-20-26(22-28(27)32)36-30(34)15-13-11-9-7-2/h16-22H,6-15,23H2,1-5H3/t32-/m1/s1. The molecule has 196 valence electrons. The van der Waals surface area contributed by atoms with Gasteiger partial charge >= 0.3 is 11.9 Å². The van der Waals surface area contributed by atoms with Crippen LogP contribution in [0.2, 0.25) is 0 Å². The second-order valence-electron chi connectivity index (χ2n) is 11.2. The van der Waals surface area contributed by atoms with Crippen molar-refractivity contribution in [3.63, 3.8) is 0 Å². The van der Waals surface area contributed by atoms with E-state index in [0.29, 0.717) is 24.3 Å². The van der Waals surface area contributed by atoms with Gasteiger partial charge in [-0.25, -0.2) is 0 Å². The fourth-order valence-corrected chi connectivity index (χ4v) is 5.61. The van der Waals surface area contributed by atoms with Gasteiger partial charge in [-0.05, 0) is 65.6 Å². The van der Waals surface area contributed by atoms with E-state index in [-0.39, 0.29) is 22.8 Å². The lowest BCUT2D eigenvalue weighted by molar-refractivity contribution is -0.135. The topological polar surface area (TPSA) is 52.6 Å². The van der Waals surface area contributed by atoms with Gasteiger partial charge in [-0.15, -0.1) is 0 Å². The molecule has 0 heterocycles. The highest BCUT2D eigenvalue weighted by molar-refractivity contribution is 5.73. The minimum absolute atomic E-state index is 0.00357. The molecule has 1 aliphatic rings. The summed E-state index contributed by atoms with van der Waals surface area (Å²) in [7, 11) is 0. The zero-order valence-electron chi connectivity index (χ0n) is 23.0. The number of unbranched alkanes of at least 4 members (excludes halogenated alkanes) is 6. The van der Waals surface area contributed by atoms with Crippen LogP contribution in [0, 0.1) is 0 Å². The molecule has 0 bridgehead atoms. The van der Waals surface area contributed by atoms with E-state index in [4.69, 9.17) is 9.47 Å². The molecule has 0 aromatic heterocycles. The predicted octanol–water partition coefficient (Wildman–Crippen LogP) is 8.43. The van der Waals surface area contributed by atoms with E-state index < -0.39 is 0 Å². The zero-order chi connectivity index (χ0) is 26.2. The van der Waals surface area contributed by atoms with Crippen molar-refractivity contribution in [3.05, 3.63) is 59.2 Å². The third-order valence-corrected chi connectivity index (χ3v) is 7.53. The summed E-state index contributed by atoms with van der Waals surface area (Å²) in [5.41, 5.74) is 3.42. The monoisotopic (exact) mass is 492 g/mol. The molecular formula is C32H44O4. The van der Waals surface area contributed by atoms with Crippen LogP contribution < -0.4 is 9.47 Å². The highest BCUT2D eigenvalue weighted by atomic mass is 16.5. The Hall–Kier alpha value is -2.62. The van der Waals surface area contributed by atoms with Crippen molar-refractivity contribution < 1.29 is 19.1 Å². The van der Waals surface area contributed by atoms with Crippen LogP contribution in [0.4, 0.5) is 0 Å². The Labute approximate surface area is 217 Å². The smallest absolute Gasteiger partial charge is 0.311 e. The van der Waals surface area contributed by atoms with Crippen LogP contribution in [0.5, 0.6) is 11.5 Å². The number of fused-ring (bicyclic) bond motifs is 1. The van der Waals surface area contributed by atoms with E-state index in [2.05, 4.69) is 58.9 Å². The highest BCUT2D eigenvalue weighted by Gasteiger charge is 2.46. The zero-order valence-corrected chi connectivity index (χ0v) is 23.0. The normalized spacial score (nSPS) is 18.0. The number of benzene rings is 2. The Balaban J connectivity index is 1.73. The fourth-order valence-electron chi connectivity index (χ4n) is 5.61. The first-order chi connectivity index (χ1) is 17.2. The number of carbonyl (C=O) groups is 2. The van der Waals surface area contributed by atoms with Crippen LogP contribution in [0.25, 0.3) is 0 Å². The number of ether oxygens (including phenoxy) is 2. The average molecular weight is 493 g/mol. The number of esters is 2. The molecule has 0 saturated heterocycles. The first-order valence-electron chi connectivity index (χ1n) is 13.9. The van der Waals surface area contributed by atoms with Gasteiger partial charge < -0.3 is 9.47 Å². The molecular weight excluding hydrogens is 448 g/mol. The summed E-state index contributed by atoms with van der Waals surface area (Å²) in [5, 5.41) is 0. The Morgan fingerprint density at radius 1 is 0.694 bits per heavy atom. The van der Waals surface area contributed by atoms with Crippen molar-refractivity contribution in [2.45, 2.75) is 116 Å². The van der Waals surface area contributed by atoms with E-state index in [1.807, 2.05) is 18.2 Å². The van der Waals surface area contributed by atoms with E-state index in [0.717, 1.165) is 57.8 Å². The Morgan fingerprint density at radius 2 is 1.22 bits per heavy atom. The number of hydrogen-bond donors (Lipinski definition) is 0. The van der Waals surface area contributed by atoms with Crippen LogP contribution in [-0.2, 0) is 20.4 Å². The van der Waals surface area contributed by atoms with Gasteiger partial charge in [0, 0.05) is 18.3 Å². The highest BCUT2D eigenvalue weighted by Crippen LogP contribution is 2.53. The van der Waals surface area contributed by atoms with Crippen molar-refractivity contribution in [2.75, 3.05) is 0 Å². The summed E-state index contributed by atoms with van der Waals surface area (Å²) < 4.78 is 11.3. The van der Waals surface area contributed by atoms with Gasteiger partial charge in [0.15, 0.2) is 0 Å². The molecule has 3 rings (SSSR count). The van der Waals surface area contributed by atoms with Crippen molar-refractivity contribution in [2.24, 2.45) is 0 Å². The molecule has 0 radical (unpaired) electrons. The summed E-state index contributed by atoms with van der Waals surface area (Å²) in [6.45, 7) is 11.1. The van der Waals surface area contributed by atoms with Crippen molar-refractivity contribution in [1.82, 2.24) is 0 Å². The van der Waals surface area contributed by atoms with Crippen LogP contribution in [0.1, 0.15) is 122 Å². The molecule has 4 heteroatoms. The molecule has 0 spiro atoms. The third-order valence-electron chi connectivity index (χ3n) is 7.53. The van der Waals surface area contributed by atoms with E-state index in [9.17, 15) is 9.59 Å². The average Bonchev–Trinajstić information content (AvgIpc) is 3.05. The van der Waals surface area contributed by atoms with Crippen LogP contribution in [0.15, 0.2) is 42.5 Å². The van der Waals surface area contributed by atoms with Crippen molar-refractivity contribution in [3.8, 4) is 11.5 Å². The third kappa shape index (κ3) is 6.99. The lowest BCUT2D eigenvalue weighted by Gasteiger charge is -2.28. The van der Waals surface area contributed by atoms with Gasteiger partial charge in [0.25, 0.3) is 0 Å². The number of carbonyl (C=O) groups excluding carboxylic acids is 2. The molecule has 1 aliphatic carbocycles. The molecule has 0 N–H and O–H groups in total. The maximum atomic E-state index is 12.4. The minimum Gasteiger partial charge on any atom is -0.427 e. The second-order valence-corrected chi connectivity index (χ2v) is 11.2. The Bertz CT molecular complexity index is 1020. The molecule has 1 atom stereocenters. The lowest BCUT2D eigenvalue weighted by atomic mass is 9.75. The van der Waals surface area contributed by atoms with E-state index in [1.54, 1.807) is 0 Å². The van der Waals surface area contributed by atoms with E-state index >= 15 is 0 Å². The Kier molecular flexibility index (Phi) is 9.76. The van der Waals surface area contributed by atoms with Gasteiger partial charge in [-0.1, -0.05) is 91.3 Å². The summed E-state index contributed by atoms with van der Waals surface area (Å²) in [6.07, 6.45) is 10.3. The molecule has 2 aromatic rings. The Morgan fingerprint density at radius 3 is 1.78 bits per heavy atom. The SMILES string of the molecule is CCCCCCC(=O)Oc1ccc([C@@]2(C)CC(C)(C)c3ccc(OC(=O)CCCCCC)cc32)cc1. The minimum atomic E-state index is -0.231. The predicted molar refractivity (Wildman–Crippen MR) is 146 cm³/mol. The molecule has 2 aromatic carbocycles. The summed E-state index contributed by atoms with van der Waals surface area (Å²) >= 11 is 0. The quantitative estimate of drug-likeness (QED) is 0.160. The van der Waals surface area contributed by atoms with Gasteiger partial charge in [-0.3, -0.25) is 9.59 Å². The fraction of sp³-hybridized carbons (Fsp3) is 0.562. The maximum absolute atomic E-state index is 12.4. The van der Waals surface area contributed by atoms with Crippen LogP contribution >= 0.6 is 0 Å². The maximum Gasteiger partial charge on any atom is 0.311 e. The lowest BCUT2D eigenvalue weighted by Crippen LogP contribution is -2.23. The molecule has 36 heavy (non-hydrogen) atoms. The summed E-state index contributed by atoms with van der Waals surface area (Å²) in [4.78, 5) is 24.6. The van der Waals surface area contributed by atoms with Crippen LogP contribution in [0.3, 0.4) is 0 Å². The van der Waals surface area contributed by atoms with Gasteiger partial charge in [0.2, 0.25) is 0 Å². The van der Waals surface area contributed by atoms with Crippen LogP contribution in [-0.4, -0.2) is 11.9 Å². The second kappa shape index (κ2) is 12.6. The molecule has 0 saturated carbocycles. The van der Waals surface area contributed by atoms with Crippen molar-refractivity contribution in [1.29, 1.82) is 0 Å². The van der Waals surface area contributed by atoms with E-state index in [1.165, 1.54) is 16.7 Å². The van der Waals surface area contributed by atoms with Gasteiger partial charge in [0.1, 0.15) is 11.5 Å². The molecule has 0 fully saturated rings.